The second kappa shape index (κ2) is 6.76. The summed E-state index contributed by atoms with van der Waals surface area (Å²) >= 11 is 0. The summed E-state index contributed by atoms with van der Waals surface area (Å²) in [5.41, 5.74) is 4.79. The Kier molecular flexibility index (Phi) is 6.05. The lowest BCUT2D eigenvalue weighted by molar-refractivity contribution is -0.140. The number of rotatable bonds is 7. The van der Waals surface area contributed by atoms with E-state index in [0.717, 1.165) is 0 Å². The van der Waals surface area contributed by atoms with Crippen molar-refractivity contribution in [1.82, 2.24) is 10.6 Å². The van der Waals surface area contributed by atoms with Gasteiger partial charge in [0.25, 0.3) is 0 Å². The van der Waals surface area contributed by atoms with Gasteiger partial charge in [-0.1, -0.05) is 0 Å². The summed E-state index contributed by atoms with van der Waals surface area (Å²) in [6.45, 7) is -0.284. The third-order valence-electron chi connectivity index (χ3n) is 1.68. The first kappa shape index (κ1) is 16.1. The van der Waals surface area contributed by atoms with Crippen LogP contribution in [-0.2, 0) is 19.6 Å². The molecule has 11 heteroatoms. The molecule has 0 aromatic rings. The lowest BCUT2D eigenvalue weighted by atomic mass is 10.2. The zero-order valence-electron chi connectivity index (χ0n) is 9.25. The fourth-order valence-corrected chi connectivity index (χ4v) is 1.30. The van der Waals surface area contributed by atoms with Crippen molar-refractivity contribution in [3.63, 3.8) is 0 Å². The van der Waals surface area contributed by atoms with Crippen molar-refractivity contribution in [3.05, 3.63) is 0 Å². The van der Waals surface area contributed by atoms with Crippen molar-refractivity contribution in [2.45, 2.75) is 12.5 Å². The van der Waals surface area contributed by atoms with Crippen molar-refractivity contribution < 1.29 is 27.9 Å². The zero-order valence-corrected chi connectivity index (χ0v) is 10.1. The predicted molar refractivity (Wildman–Crippen MR) is 59.7 cm³/mol. The van der Waals surface area contributed by atoms with Gasteiger partial charge < -0.3 is 21.5 Å². The fraction of sp³-hybridized carbons (Fsp3) is 0.571. The molecule has 7 N–H and O–H groups in total. The van der Waals surface area contributed by atoms with Gasteiger partial charge in [-0.05, 0) is 0 Å². The first-order valence-electron chi connectivity index (χ1n) is 4.68. The summed E-state index contributed by atoms with van der Waals surface area (Å²) in [4.78, 5) is 32.3. The molecular formula is C7H14N4O6S. The van der Waals surface area contributed by atoms with Gasteiger partial charge in [0, 0.05) is 6.54 Å². The molecule has 18 heavy (non-hydrogen) atoms. The number of primary amides is 1. The van der Waals surface area contributed by atoms with E-state index in [0.29, 0.717) is 0 Å². The van der Waals surface area contributed by atoms with Crippen LogP contribution in [0.1, 0.15) is 6.42 Å². The van der Waals surface area contributed by atoms with Crippen molar-refractivity contribution in [2.24, 2.45) is 10.9 Å². The molecule has 0 spiro atoms. The Balaban J connectivity index is 4.19. The highest BCUT2D eigenvalue weighted by Gasteiger charge is 2.21. The largest absolute Gasteiger partial charge is 0.480 e. The second-order valence-corrected chi connectivity index (χ2v) is 5.06. The number of carboxylic acid groups (broad SMARTS) is 1. The van der Waals surface area contributed by atoms with E-state index < -0.39 is 46.1 Å². The lowest BCUT2D eigenvalue weighted by Gasteiger charge is -2.13. The first-order chi connectivity index (χ1) is 8.11. The Hall–Kier alpha value is -1.88. The topological polar surface area (TPSA) is 182 Å². The van der Waals surface area contributed by atoms with Crippen LogP contribution >= 0.6 is 0 Å². The van der Waals surface area contributed by atoms with Crippen LogP contribution in [0.15, 0.2) is 0 Å². The van der Waals surface area contributed by atoms with Crippen molar-refractivity contribution >= 4 is 27.9 Å². The molecule has 0 unspecified atom stereocenters. The molecule has 104 valence electrons. The summed E-state index contributed by atoms with van der Waals surface area (Å²) in [5, 5.41) is 17.4. The Morgan fingerprint density at radius 1 is 1.28 bits per heavy atom. The molecule has 0 aliphatic heterocycles. The van der Waals surface area contributed by atoms with E-state index in [1.165, 1.54) is 0 Å². The predicted octanol–water partition coefficient (Wildman–Crippen LogP) is -3.10. The number of carboxylic acids is 1. The van der Waals surface area contributed by atoms with Gasteiger partial charge in [-0.15, -0.1) is 0 Å². The van der Waals surface area contributed by atoms with Crippen LogP contribution in [0.25, 0.3) is 0 Å². The lowest BCUT2D eigenvalue weighted by Crippen LogP contribution is -2.48. The Morgan fingerprint density at radius 2 is 1.83 bits per heavy atom. The maximum Gasteiger partial charge on any atom is 0.326 e. The molecule has 0 radical (unpaired) electrons. The van der Waals surface area contributed by atoms with Crippen LogP contribution in [0.3, 0.4) is 0 Å². The Labute approximate surface area is 103 Å². The molecule has 0 heterocycles. The van der Waals surface area contributed by atoms with Crippen LogP contribution in [0.5, 0.6) is 0 Å². The number of carbonyl (C=O) groups is 3. The summed E-state index contributed by atoms with van der Waals surface area (Å²) in [5.74, 6) is -2.82. The van der Waals surface area contributed by atoms with Gasteiger partial charge in [0.1, 0.15) is 6.04 Å². The molecule has 0 aliphatic carbocycles. The molecule has 10 nitrogen and oxygen atoms in total. The molecule has 0 fully saturated rings. The minimum atomic E-state index is -3.72. The standard InChI is InChI=1S/C7H14N4O6S/c8-5(12)3-4(6(13)14)11-7(15)10-1-2-18(9,16)17/h4H,1-3H2,(H2,8,12)(H,13,14)(H2,9,16,17)(H2,10,11,15)/t4-/m0/s1. The minimum Gasteiger partial charge on any atom is -0.480 e. The van der Waals surface area contributed by atoms with Crippen LogP contribution in [-0.4, -0.2) is 49.8 Å². The number of hydrogen-bond acceptors (Lipinski definition) is 5. The maximum absolute atomic E-state index is 11.2. The van der Waals surface area contributed by atoms with Crippen LogP contribution in [0.4, 0.5) is 4.79 Å². The van der Waals surface area contributed by atoms with E-state index in [2.05, 4.69) is 10.5 Å². The summed E-state index contributed by atoms with van der Waals surface area (Å²) in [6.07, 6.45) is -0.571. The fourth-order valence-electron chi connectivity index (χ4n) is 0.917. The number of aliphatic carboxylic acids is 1. The van der Waals surface area contributed by atoms with Gasteiger partial charge in [-0.3, -0.25) is 4.79 Å². The number of nitrogens with two attached hydrogens (primary N) is 2. The average molecular weight is 282 g/mol. The maximum atomic E-state index is 11.2. The van der Waals surface area contributed by atoms with Crippen LogP contribution < -0.4 is 21.5 Å². The Bertz CT molecular complexity index is 433. The van der Waals surface area contributed by atoms with Gasteiger partial charge in [-0.25, -0.2) is 23.1 Å². The van der Waals surface area contributed by atoms with Gasteiger partial charge in [-0.2, -0.15) is 0 Å². The number of hydrogen-bond donors (Lipinski definition) is 5. The minimum absolute atomic E-state index is 0.284. The molecule has 0 aliphatic rings. The summed E-state index contributed by atoms with van der Waals surface area (Å²) in [7, 11) is -3.72. The summed E-state index contributed by atoms with van der Waals surface area (Å²) in [6, 6.07) is -2.41. The summed E-state index contributed by atoms with van der Waals surface area (Å²) < 4.78 is 21.1. The highest BCUT2D eigenvalue weighted by molar-refractivity contribution is 7.89. The third-order valence-corrected chi connectivity index (χ3v) is 2.45. The molecule has 0 bridgehead atoms. The number of sulfonamides is 1. The average Bonchev–Trinajstić information content (AvgIpc) is 2.13. The molecular weight excluding hydrogens is 268 g/mol. The van der Waals surface area contributed by atoms with Gasteiger partial charge in [0.15, 0.2) is 0 Å². The van der Waals surface area contributed by atoms with Gasteiger partial charge >= 0.3 is 12.0 Å². The number of carbonyl (C=O) groups excluding carboxylic acids is 2. The van der Waals surface area contributed by atoms with E-state index in [1.807, 2.05) is 5.32 Å². The second-order valence-electron chi connectivity index (χ2n) is 3.33. The van der Waals surface area contributed by atoms with E-state index in [4.69, 9.17) is 10.8 Å². The van der Waals surface area contributed by atoms with Crippen molar-refractivity contribution in [3.8, 4) is 0 Å². The smallest absolute Gasteiger partial charge is 0.326 e. The van der Waals surface area contributed by atoms with E-state index >= 15 is 0 Å². The van der Waals surface area contributed by atoms with Crippen molar-refractivity contribution in [2.75, 3.05) is 12.3 Å². The number of nitrogens with one attached hydrogen (secondary N) is 2. The van der Waals surface area contributed by atoms with Gasteiger partial charge in [0.2, 0.25) is 15.9 Å². The highest BCUT2D eigenvalue weighted by atomic mass is 32.2. The van der Waals surface area contributed by atoms with Crippen LogP contribution in [0.2, 0.25) is 0 Å². The SMILES string of the molecule is NC(=O)C[C@H](NC(=O)NCCS(N)(=O)=O)C(=O)O. The first-order valence-corrected chi connectivity index (χ1v) is 6.39. The number of amides is 3. The molecule has 1 atom stereocenters. The monoisotopic (exact) mass is 282 g/mol. The highest BCUT2D eigenvalue weighted by Crippen LogP contribution is 1.91. The number of primary sulfonamides is 1. The Morgan fingerprint density at radius 3 is 2.22 bits per heavy atom. The normalized spacial score (nSPS) is 12.5. The quantitative estimate of drug-likeness (QED) is 0.329. The molecule has 0 rings (SSSR count). The zero-order chi connectivity index (χ0) is 14.3. The van der Waals surface area contributed by atoms with Gasteiger partial charge in [0.05, 0.1) is 12.2 Å². The molecule has 0 saturated heterocycles. The molecule has 0 aromatic heterocycles. The van der Waals surface area contributed by atoms with E-state index in [9.17, 15) is 22.8 Å². The third kappa shape index (κ3) is 8.29. The van der Waals surface area contributed by atoms with E-state index in [-0.39, 0.29) is 6.54 Å². The van der Waals surface area contributed by atoms with E-state index in [1.54, 1.807) is 0 Å². The molecule has 0 aromatic carbocycles. The van der Waals surface area contributed by atoms with Crippen molar-refractivity contribution in [1.29, 1.82) is 0 Å². The van der Waals surface area contributed by atoms with Crippen LogP contribution in [0, 0.1) is 0 Å². The molecule has 0 saturated carbocycles. The molecule has 3 amide bonds. The number of urea groups is 1.